The first-order valence-electron chi connectivity index (χ1n) is 10.6. The molecule has 0 unspecified atom stereocenters. The van der Waals surface area contributed by atoms with Crippen molar-refractivity contribution < 1.29 is 79.9 Å². The van der Waals surface area contributed by atoms with Crippen LogP contribution in [0, 0.1) is 0 Å². The standard InChI is InChI=1S/C18H32O16/c19-1-4-7(22)10(25)12(27)17(31-4)34-15-11(26)8(23)5(2-20)32-18(15)33-14-9(24)6(3-21)30-16(29)13(14)28/h4-29H,1-3H2/t4-,5-,6-,7-,8-,9+,10+,11+,12-,13-,14+,15-,16+,17+,18+/m1/s1. The van der Waals surface area contributed by atoms with Crippen LogP contribution < -0.4 is 0 Å². The van der Waals surface area contributed by atoms with Gasteiger partial charge in [-0.15, -0.1) is 0 Å². The number of aliphatic hydroxyl groups is 11. The predicted octanol–water partition coefficient (Wildman–Crippen LogP) is -7.57. The summed E-state index contributed by atoms with van der Waals surface area (Å²) in [4.78, 5) is 0. The topological polar surface area (TPSA) is 269 Å². The molecule has 3 aliphatic rings. The van der Waals surface area contributed by atoms with E-state index in [2.05, 4.69) is 0 Å². The van der Waals surface area contributed by atoms with Crippen LogP contribution in [0.25, 0.3) is 0 Å². The molecule has 15 atom stereocenters. The Hall–Kier alpha value is -0.640. The summed E-state index contributed by atoms with van der Waals surface area (Å²) in [5.74, 6) is 0. The molecule has 16 nitrogen and oxygen atoms in total. The lowest BCUT2D eigenvalue weighted by atomic mass is 9.96. The van der Waals surface area contributed by atoms with Crippen molar-refractivity contribution in [3.8, 4) is 0 Å². The van der Waals surface area contributed by atoms with E-state index in [0.717, 1.165) is 0 Å². The van der Waals surface area contributed by atoms with Gasteiger partial charge in [0.2, 0.25) is 0 Å². The summed E-state index contributed by atoms with van der Waals surface area (Å²) in [6, 6.07) is 0. The molecule has 0 aromatic carbocycles. The second-order valence-electron chi connectivity index (χ2n) is 8.33. The lowest BCUT2D eigenvalue weighted by Crippen LogP contribution is -2.67. The number of aliphatic hydroxyl groups excluding tert-OH is 11. The zero-order chi connectivity index (χ0) is 25.3. The van der Waals surface area contributed by atoms with Gasteiger partial charge in [0.1, 0.15) is 73.2 Å². The van der Waals surface area contributed by atoms with Gasteiger partial charge in [0.25, 0.3) is 0 Å². The van der Waals surface area contributed by atoms with Gasteiger partial charge in [-0.3, -0.25) is 0 Å². The van der Waals surface area contributed by atoms with Crippen molar-refractivity contribution in [3.63, 3.8) is 0 Å². The molecular weight excluding hydrogens is 472 g/mol. The summed E-state index contributed by atoms with van der Waals surface area (Å²) < 4.78 is 26.5. The van der Waals surface area contributed by atoms with Crippen LogP contribution >= 0.6 is 0 Å². The molecule has 0 bridgehead atoms. The van der Waals surface area contributed by atoms with Crippen molar-refractivity contribution in [2.75, 3.05) is 19.8 Å². The van der Waals surface area contributed by atoms with E-state index in [4.69, 9.17) is 23.7 Å². The molecule has 16 heteroatoms. The molecular formula is C18H32O16. The molecule has 34 heavy (non-hydrogen) atoms. The van der Waals surface area contributed by atoms with Crippen molar-refractivity contribution in [2.45, 2.75) is 92.1 Å². The number of rotatable bonds is 7. The van der Waals surface area contributed by atoms with Gasteiger partial charge in [-0.2, -0.15) is 0 Å². The Balaban J connectivity index is 1.84. The third-order valence-electron chi connectivity index (χ3n) is 6.10. The molecule has 0 amide bonds. The molecule has 200 valence electrons. The molecule has 3 heterocycles. The van der Waals surface area contributed by atoms with Crippen LogP contribution in [-0.2, 0) is 23.7 Å². The Labute approximate surface area is 192 Å². The van der Waals surface area contributed by atoms with Crippen LogP contribution in [0.3, 0.4) is 0 Å². The van der Waals surface area contributed by atoms with Crippen molar-refractivity contribution in [3.05, 3.63) is 0 Å². The van der Waals surface area contributed by atoms with E-state index in [-0.39, 0.29) is 0 Å². The van der Waals surface area contributed by atoms with Crippen LogP contribution in [0.4, 0.5) is 0 Å². The summed E-state index contributed by atoms with van der Waals surface area (Å²) in [6.07, 6.45) is -25.7. The fourth-order valence-electron chi connectivity index (χ4n) is 4.03. The molecule has 11 N–H and O–H groups in total. The quantitative estimate of drug-likeness (QED) is 0.154. The van der Waals surface area contributed by atoms with E-state index in [1.54, 1.807) is 0 Å². The Morgan fingerprint density at radius 3 is 1.47 bits per heavy atom. The first-order chi connectivity index (χ1) is 16.0. The van der Waals surface area contributed by atoms with Crippen molar-refractivity contribution in [2.24, 2.45) is 0 Å². The van der Waals surface area contributed by atoms with Gasteiger partial charge >= 0.3 is 0 Å². The predicted molar refractivity (Wildman–Crippen MR) is 101 cm³/mol. The molecule has 0 aliphatic carbocycles. The van der Waals surface area contributed by atoms with Crippen LogP contribution in [-0.4, -0.2) is 168 Å². The van der Waals surface area contributed by atoms with Gasteiger partial charge in [0, 0.05) is 0 Å². The van der Waals surface area contributed by atoms with Gasteiger partial charge in [0.15, 0.2) is 18.9 Å². The Morgan fingerprint density at radius 1 is 0.441 bits per heavy atom. The molecule has 3 aliphatic heterocycles. The third kappa shape index (κ3) is 5.37. The SMILES string of the molecule is OC[C@H]1O[C@H](O)[C@H](O)[C@@H](O[C@@H]2O[C@H](CO)[C@@H](O)[C@H](O)[C@H]2O[C@@H]2O[C@H](CO)[C@@H](O)[C@H](O)[C@H]2O)[C@H]1O. The van der Waals surface area contributed by atoms with Gasteiger partial charge in [-0.25, -0.2) is 0 Å². The molecule has 0 saturated carbocycles. The van der Waals surface area contributed by atoms with Crippen LogP contribution in [0.15, 0.2) is 0 Å². The first-order valence-corrected chi connectivity index (χ1v) is 10.6. The molecule has 0 radical (unpaired) electrons. The maximum atomic E-state index is 10.6. The average Bonchev–Trinajstić information content (AvgIpc) is 2.83. The monoisotopic (exact) mass is 504 g/mol. The van der Waals surface area contributed by atoms with Crippen molar-refractivity contribution in [1.29, 1.82) is 0 Å². The van der Waals surface area contributed by atoms with Gasteiger partial charge < -0.3 is 79.9 Å². The summed E-state index contributed by atoms with van der Waals surface area (Å²) in [7, 11) is 0. The Bertz CT molecular complexity index is 639. The third-order valence-corrected chi connectivity index (χ3v) is 6.10. The fraction of sp³-hybridized carbons (Fsp3) is 1.00. The van der Waals surface area contributed by atoms with Crippen LogP contribution in [0.1, 0.15) is 0 Å². The highest BCUT2D eigenvalue weighted by Crippen LogP contribution is 2.32. The van der Waals surface area contributed by atoms with E-state index in [1.165, 1.54) is 0 Å². The Morgan fingerprint density at radius 2 is 0.912 bits per heavy atom. The molecule has 0 aromatic rings. The molecule has 0 spiro atoms. The Kier molecular flexibility index (Phi) is 9.54. The minimum Gasteiger partial charge on any atom is -0.394 e. The number of hydrogen-bond acceptors (Lipinski definition) is 16. The second-order valence-corrected chi connectivity index (χ2v) is 8.33. The fourth-order valence-corrected chi connectivity index (χ4v) is 4.03. The van der Waals surface area contributed by atoms with E-state index in [1.807, 2.05) is 0 Å². The molecule has 3 fully saturated rings. The largest absolute Gasteiger partial charge is 0.394 e. The lowest BCUT2D eigenvalue weighted by molar-refractivity contribution is -0.387. The molecule has 3 saturated heterocycles. The smallest absolute Gasteiger partial charge is 0.187 e. The minimum atomic E-state index is -1.89. The summed E-state index contributed by atoms with van der Waals surface area (Å²) in [6.45, 7) is -2.34. The van der Waals surface area contributed by atoms with E-state index in [0.29, 0.717) is 0 Å². The summed E-state index contributed by atoms with van der Waals surface area (Å²) in [5, 5.41) is 110. The zero-order valence-corrected chi connectivity index (χ0v) is 17.7. The summed E-state index contributed by atoms with van der Waals surface area (Å²) in [5.41, 5.74) is 0. The molecule has 0 aromatic heterocycles. The van der Waals surface area contributed by atoms with Crippen LogP contribution in [0.2, 0.25) is 0 Å². The highest BCUT2D eigenvalue weighted by Gasteiger charge is 2.53. The van der Waals surface area contributed by atoms with E-state index >= 15 is 0 Å². The van der Waals surface area contributed by atoms with Crippen molar-refractivity contribution >= 4 is 0 Å². The highest BCUT2D eigenvalue weighted by molar-refractivity contribution is 4.96. The van der Waals surface area contributed by atoms with Gasteiger partial charge in [-0.05, 0) is 0 Å². The molecule has 3 rings (SSSR count). The van der Waals surface area contributed by atoms with Crippen molar-refractivity contribution in [1.82, 2.24) is 0 Å². The maximum Gasteiger partial charge on any atom is 0.187 e. The zero-order valence-electron chi connectivity index (χ0n) is 17.7. The normalized spacial score (nSPS) is 52.5. The maximum absolute atomic E-state index is 10.6. The van der Waals surface area contributed by atoms with Crippen LogP contribution in [0.5, 0.6) is 0 Å². The number of hydrogen-bond donors (Lipinski definition) is 11. The summed E-state index contributed by atoms with van der Waals surface area (Å²) >= 11 is 0. The highest BCUT2D eigenvalue weighted by atomic mass is 16.8. The van der Waals surface area contributed by atoms with E-state index < -0.39 is 112 Å². The van der Waals surface area contributed by atoms with Gasteiger partial charge in [0.05, 0.1) is 19.8 Å². The minimum absolute atomic E-state index is 0.762. The lowest BCUT2D eigenvalue weighted by Gasteiger charge is -2.48. The average molecular weight is 504 g/mol. The number of ether oxygens (including phenoxy) is 5. The second kappa shape index (κ2) is 11.6. The van der Waals surface area contributed by atoms with Gasteiger partial charge in [-0.1, -0.05) is 0 Å². The first kappa shape index (κ1) is 27.9. The van der Waals surface area contributed by atoms with E-state index in [9.17, 15) is 56.2 Å².